The van der Waals surface area contributed by atoms with Crippen LogP contribution in [0.25, 0.3) is 0 Å². The highest BCUT2D eigenvalue weighted by molar-refractivity contribution is 6.30. The molecule has 0 radical (unpaired) electrons. The third-order valence-corrected chi connectivity index (χ3v) is 9.47. The van der Waals surface area contributed by atoms with Crippen LogP contribution in [0.3, 0.4) is 0 Å². The molecular weight excluding hydrogens is 396 g/mol. The Balaban J connectivity index is 1.89. The Morgan fingerprint density at radius 3 is 2.55 bits per heavy atom. The number of ketones is 3. The number of alkyl halides is 1. The van der Waals surface area contributed by atoms with Gasteiger partial charge >= 0.3 is 0 Å². The molecule has 0 aliphatic heterocycles. The molecular formula is C22H25ClO6. The summed E-state index contributed by atoms with van der Waals surface area (Å²) in [5, 5.41) is 22.7. The SMILES string of the molecule is C[C@H]1C[C@H]2[C@@H]3CC(=O)C4=CC(=O)C=C[C@]4(C)[C@@]3(Cl)[C@@H](O)C[C@]2(C)[C@@]1(O)C(=O)C=O. The minimum absolute atomic E-state index is 0.0108. The van der Waals surface area contributed by atoms with Crippen LogP contribution in [0.15, 0.2) is 23.8 Å². The molecule has 3 fully saturated rings. The van der Waals surface area contributed by atoms with Crippen LogP contribution in [-0.4, -0.2) is 50.4 Å². The van der Waals surface area contributed by atoms with Crippen molar-refractivity contribution in [2.24, 2.45) is 28.6 Å². The summed E-state index contributed by atoms with van der Waals surface area (Å²) < 4.78 is 0. The van der Waals surface area contributed by atoms with Gasteiger partial charge in [-0.2, -0.15) is 0 Å². The van der Waals surface area contributed by atoms with Crippen molar-refractivity contribution in [3.05, 3.63) is 23.8 Å². The van der Waals surface area contributed by atoms with Crippen molar-refractivity contribution >= 4 is 35.2 Å². The Morgan fingerprint density at radius 1 is 1.28 bits per heavy atom. The molecule has 0 amide bonds. The molecule has 2 N–H and O–H groups in total. The minimum atomic E-state index is -1.92. The zero-order valence-corrected chi connectivity index (χ0v) is 17.4. The molecule has 0 aromatic rings. The highest BCUT2D eigenvalue weighted by Crippen LogP contribution is 2.70. The second-order valence-corrected chi connectivity index (χ2v) is 10.3. The van der Waals surface area contributed by atoms with Crippen molar-refractivity contribution in [1.82, 2.24) is 0 Å². The van der Waals surface area contributed by atoms with E-state index in [1.165, 1.54) is 12.2 Å². The molecule has 0 saturated heterocycles. The van der Waals surface area contributed by atoms with Crippen molar-refractivity contribution in [2.45, 2.75) is 56.6 Å². The number of hydrogen-bond acceptors (Lipinski definition) is 6. The number of Topliss-reactive ketones (excluding diaryl/α,β-unsaturated/α-hetero) is 2. The molecule has 156 valence electrons. The summed E-state index contributed by atoms with van der Waals surface area (Å²) in [5.74, 6) is -2.80. The van der Waals surface area contributed by atoms with Gasteiger partial charge in [-0.15, -0.1) is 11.6 Å². The van der Waals surface area contributed by atoms with Gasteiger partial charge in [-0.05, 0) is 42.7 Å². The molecule has 0 heterocycles. The van der Waals surface area contributed by atoms with Crippen molar-refractivity contribution in [3.63, 3.8) is 0 Å². The van der Waals surface area contributed by atoms with Gasteiger partial charge in [0.05, 0.1) is 11.0 Å². The topological polar surface area (TPSA) is 109 Å². The van der Waals surface area contributed by atoms with Gasteiger partial charge in [0.15, 0.2) is 17.9 Å². The van der Waals surface area contributed by atoms with Crippen LogP contribution in [0.5, 0.6) is 0 Å². The summed E-state index contributed by atoms with van der Waals surface area (Å²) in [6.07, 6.45) is 3.69. The third kappa shape index (κ3) is 2.15. The van der Waals surface area contributed by atoms with Crippen LogP contribution in [0, 0.1) is 28.6 Å². The molecule has 0 aromatic heterocycles. The average molecular weight is 421 g/mol. The average Bonchev–Trinajstić information content (AvgIpc) is 2.86. The number of aldehydes is 1. The predicted octanol–water partition coefficient (Wildman–Crippen LogP) is 1.55. The number of allylic oxidation sites excluding steroid dienone is 4. The lowest BCUT2D eigenvalue weighted by molar-refractivity contribution is -0.177. The normalized spacial score (nSPS) is 51.0. The largest absolute Gasteiger partial charge is 0.391 e. The molecule has 0 spiro atoms. The van der Waals surface area contributed by atoms with E-state index in [0.717, 1.165) is 0 Å². The summed E-state index contributed by atoms with van der Waals surface area (Å²) in [6.45, 7) is 5.18. The van der Waals surface area contributed by atoms with Gasteiger partial charge in [0.25, 0.3) is 0 Å². The number of fused-ring (bicyclic) bond motifs is 5. The lowest BCUT2D eigenvalue weighted by Crippen LogP contribution is -2.70. The van der Waals surface area contributed by atoms with Crippen LogP contribution < -0.4 is 0 Å². The first-order valence-electron chi connectivity index (χ1n) is 9.95. The number of carbonyl (C=O) groups excluding carboxylic acids is 4. The zero-order valence-electron chi connectivity index (χ0n) is 16.6. The summed E-state index contributed by atoms with van der Waals surface area (Å²) in [6, 6.07) is 0. The van der Waals surface area contributed by atoms with Crippen LogP contribution in [0.1, 0.15) is 40.0 Å². The quantitative estimate of drug-likeness (QED) is 0.398. The maximum absolute atomic E-state index is 13.0. The number of hydrogen-bond donors (Lipinski definition) is 2. The van der Waals surface area contributed by atoms with Crippen LogP contribution in [-0.2, 0) is 19.2 Å². The van der Waals surface area contributed by atoms with E-state index in [0.29, 0.717) is 12.0 Å². The van der Waals surface area contributed by atoms with E-state index < -0.39 is 45.0 Å². The number of halogens is 1. The number of aliphatic hydroxyl groups excluding tert-OH is 1. The third-order valence-electron chi connectivity index (χ3n) is 8.55. The first kappa shape index (κ1) is 20.6. The highest BCUT2D eigenvalue weighted by atomic mass is 35.5. The molecule has 0 aromatic carbocycles. The molecule has 29 heavy (non-hydrogen) atoms. The maximum Gasteiger partial charge on any atom is 0.227 e. The summed E-state index contributed by atoms with van der Waals surface area (Å²) in [4.78, 5) is 47.4. The lowest BCUT2D eigenvalue weighted by atomic mass is 9.45. The summed E-state index contributed by atoms with van der Waals surface area (Å²) in [5.41, 5.74) is -3.78. The lowest BCUT2D eigenvalue weighted by Gasteiger charge is -2.63. The molecule has 7 heteroatoms. The van der Waals surface area contributed by atoms with Crippen LogP contribution in [0.4, 0.5) is 0 Å². The first-order chi connectivity index (χ1) is 13.4. The van der Waals surface area contributed by atoms with E-state index in [-0.39, 0.29) is 36.6 Å². The summed E-state index contributed by atoms with van der Waals surface area (Å²) >= 11 is 7.20. The monoisotopic (exact) mass is 420 g/mol. The first-order valence-corrected chi connectivity index (χ1v) is 10.3. The standard InChI is InChI=1S/C22H25ClO6/c1-11-6-13-14-8-16(26)15-7-12(25)4-5-19(15,2)21(14,23)17(27)9-20(13,3)22(11,29)18(28)10-24/h4-5,7,10-11,13-14,17,27,29H,6,8-9H2,1-3H3/t11-,13-,14-,17-,19-,20-,21-,22-/m0/s1. The molecule has 6 nitrogen and oxygen atoms in total. The van der Waals surface area contributed by atoms with Gasteiger partial charge in [0, 0.05) is 22.8 Å². The smallest absolute Gasteiger partial charge is 0.227 e. The molecule has 4 aliphatic rings. The second-order valence-electron chi connectivity index (χ2n) is 9.63. The Morgan fingerprint density at radius 2 is 1.93 bits per heavy atom. The summed E-state index contributed by atoms with van der Waals surface area (Å²) in [7, 11) is 0. The number of aliphatic hydroxyl groups is 2. The molecule has 0 unspecified atom stereocenters. The molecule has 0 bridgehead atoms. The van der Waals surface area contributed by atoms with Crippen molar-refractivity contribution in [1.29, 1.82) is 0 Å². The number of rotatable bonds is 2. The Labute approximate surface area is 174 Å². The van der Waals surface area contributed by atoms with E-state index >= 15 is 0 Å². The molecule has 4 rings (SSSR count). The fourth-order valence-corrected chi connectivity index (χ4v) is 7.46. The van der Waals surface area contributed by atoms with Crippen molar-refractivity contribution < 1.29 is 29.4 Å². The maximum atomic E-state index is 13.0. The van der Waals surface area contributed by atoms with Crippen LogP contribution in [0.2, 0.25) is 0 Å². The fraction of sp³-hybridized carbons (Fsp3) is 0.636. The molecule has 8 atom stereocenters. The van der Waals surface area contributed by atoms with Crippen molar-refractivity contribution in [3.8, 4) is 0 Å². The highest BCUT2D eigenvalue weighted by Gasteiger charge is 2.75. The van der Waals surface area contributed by atoms with E-state index in [1.807, 2.05) is 0 Å². The molecule has 3 saturated carbocycles. The van der Waals surface area contributed by atoms with Gasteiger partial charge < -0.3 is 10.2 Å². The van der Waals surface area contributed by atoms with Gasteiger partial charge in [-0.25, -0.2) is 0 Å². The predicted molar refractivity (Wildman–Crippen MR) is 104 cm³/mol. The Bertz CT molecular complexity index is 907. The zero-order chi connectivity index (χ0) is 21.6. The van der Waals surface area contributed by atoms with Gasteiger partial charge in [-0.3, -0.25) is 19.2 Å². The van der Waals surface area contributed by atoms with E-state index in [1.54, 1.807) is 26.8 Å². The van der Waals surface area contributed by atoms with Crippen LogP contribution >= 0.6 is 11.6 Å². The minimum Gasteiger partial charge on any atom is -0.391 e. The Hall–Kier alpha value is -1.63. The van der Waals surface area contributed by atoms with Gasteiger partial charge in [0.1, 0.15) is 5.60 Å². The number of carbonyl (C=O) groups is 4. The fourth-order valence-electron chi connectivity index (χ4n) is 6.99. The van der Waals surface area contributed by atoms with Crippen molar-refractivity contribution in [2.75, 3.05) is 0 Å². The van der Waals surface area contributed by atoms with E-state index in [9.17, 15) is 29.4 Å². The Kier molecular flexibility index (Phi) is 4.24. The second kappa shape index (κ2) is 5.96. The van der Waals surface area contributed by atoms with E-state index in [2.05, 4.69) is 0 Å². The van der Waals surface area contributed by atoms with Gasteiger partial charge in [-0.1, -0.05) is 26.8 Å². The van der Waals surface area contributed by atoms with E-state index in [4.69, 9.17) is 11.6 Å². The van der Waals surface area contributed by atoms with Gasteiger partial charge in [0.2, 0.25) is 5.78 Å². The molecule has 4 aliphatic carbocycles.